The molecule has 30 heavy (non-hydrogen) atoms. The minimum absolute atomic E-state index is 0.0116. The first-order valence-electron chi connectivity index (χ1n) is 9.67. The number of likely N-dealkylation sites (tertiary alicyclic amines) is 1. The van der Waals surface area contributed by atoms with Gasteiger partial charge < -0.3 is 4.74 Å². The van der Waals surface area contributed by atoms with Crippen LogP contribution in [0.1, 0.15) is 35.4 Å². The highest BCUT2D eigenvalue weighted by molar-refractivity contribution is 7.15. The molecule has 1 unspecified atom stereocenters. The number of ether oxygens (including phenoxy) is 1. The first-order chi connectivity index (χ1) is 14.3. The average Bonchev–Trinajstić information content (AvgIpc) is 3.25. The minimum Gasteiger partial charge on any atom is -0.365 e. The molecule has 3 heterocycles. The first kappa shape index (κ1) is 21.5. The number of hydrogen-bond donors (Lipinski definition) is 0. The molecule has 2 aliphatic heterocycles. The van der Waals surface area contributed by atoms with Gasteiger partial charge in [0, 0.05) is 18.4 Å². The molecule has 2 saturated heterocycles. The molecule has 0 spiro atoms. The van der Waals surface area contributed by atoms with E-state index in [0.29, 0.717) is 47.4 Å². The SMILES string of the molecule is N#Cc1ccc(CC[C@@]2(C3(C(F)(F)F)CCO3)CCN(Cc3nnc(Cl)s3)C2)cc1. The molecule has 0 N–H and O–H groups in total. The molecule has 0 radical (unpaired) electrons. The van der Waals surface area contributed by atoms with Gasteiger partial charge in [-0.15, -0.1) is 10.2 Å². The number of benzene rings is 1. The van der Waals surface area contributed by atoms with Crippen molar-refractivity contribution in [2.75, 3.05) is 19.7 Å². The Hall–Kier alpha value is -1.73. The molecule has 0 aliphatic carbocycles. The largest absolute Gasteiger partial charge is 0.418 e. The number of nitrogens with zero attached hydrogens (tertiary/aromatic N) is 4. The van der Waals surface area contributed by atoms with Gasteiger partial charge >= 0.3 is 6.18 Å². The quantitative estimate of drug-likeness (QED) is 0.635. The molecular weight excluding hydrogens is 437 g/mol. The van der Waals surface area contributed by atoms with Gasteiger partial charge in [-0.3, -0.25) is 4.90 Å². The van der Waals surface area contributed by atoms with E-state index in [1.807, 2.05) is 17.0 Å². The lowest BCUT2D eigenvalue weighted by atomic mass is 9.63. The predicted molar refractivity (Wildman–Crippen MR) is 106 cm³/mol. The Morgan fingerprint density at radius 1 is 1.23 bits per heavy atom. The van der Waals surface area contributed by atoms with Crippen LogP contribution in [0.25, 0.3) is 0 Å². The zero-order valence-electron chi connectivity index (χ0n) is 16.1. The summed E-state index contributed by atoms with van der Waals surface area (Å²) in [6.45, 7) is 1.37. The van der Waals surface area contributed by atoms with Crippen molar-refractivity contribution in [2.24, 2.45) is 5.41 Å². The third-order valence-electron chi connectivity index (χ3n) is 6.33. The Kier molecular flexibility index (Phi) is 5.79. The number of alkyl halides is 3. The van der Waals surface area contributed by atoms with Gasteiger partial charge in [0.25, 0.3) is 0 Å². The lowest BCUT2D eigenvalue weighted by Crippen LogP contribution is -2.67. The topological polar surface area (TPSA) is 62.0 Å². The van der Waals surface area contributed by atoms with Crippen LogP contribution >= 0.6 is 22.9 Å². The second-order valence-corrected chi connectivity index (χ2v) is 9.57. The Morgan fingerprint density at radius 2 is 1.97 bits per heavy atom. The van der Waals surface area contributed by atoms with Gasteiger partial charge in [0.05, 0.1) is 24.8 Å². The molecule has 4 rings (SSSR count). The molecule has 2 aliphatic rings. The molecule has 2 aromatic rings. The van der Waals surface area contributed by atoms with Crippen molar-refractivity contribution < 1.29 is 17.9 Å². The summed E-state index contributed by atoms with van der Waals surface area (Å²) in [5.41, 5.74) is -1.70. The van der Waals surface area contributed by atoms with E-state index in [4.69, 9.17) is 21.6 Å². The summed E-state index contributed by atoms with van der Waals surface area (Å²) in [4.78, 5) is 1.99. The molecule has 1 aromatic carbocycles. The fourth-order valence-corrected chi connectivity index (χ4v) is 5.61. The van der Waals surface area contributed by atoms with E-state index in [9.17, 15) is 13.2 Å². The number of hydrogen-bond acceptors (Lipinski definition) is 6. The standard InChI is InChI=1S/C20H20ClF3N4OS/c21-17-27-26-16(30-17)12-28-9-7-18(13-28,19(8-10-29-19)20(22,23)24)6-5-14-1-3-15(11-25)4-2-14/h1-4H,5-10,12-13H2/t18-,19?/m1/s1. The maximum Gasteiger partial charge on any atom is 0.418 e. The summed E-state index contributed by atoms with van der Waals surface area (Å²) in [6.07, 6.45) is -3.20. The fraction of sp³-hybridized carbons (Fsp3) is 0.550. The van der Waals surface area contributed by atoms with Gasteiger partial charge in [-0.25, -0.2) is 0 Å². The number of rotatable bonds is 6. The molecule has 10 heteroatoms. The summed E-state index contributed by atoms with van der Waals surface area (Å²) in [5.74, 6) is 0. The van der Waals surface area contributed by atoms with Crippen LogP contribution in [-0.4, -0.2) is 46.6 Å². The molecular formula is C20H20ClF3N4OS. The third kappa shape index (κ3) is 3.82. The highest BCUT2D eigenvalue weighted by Gasteiger charge is 2.71. The van der Waals surface area contributed by atoms with Gasteiger partial charge in [-0.2, -0.15) is 18.4 Å². The van der Waals surface area contributed by atoms with Crippen molar-refractivity contribution >= 4 is 22.9 Å². The van der Waals surface area contributed by atoms with Crippen LogP contribution in [0.5, 0.6) is 0 Å². The van der Waals surface area contributed by atoms with Gasteiger partial charge in [0.2, 0.25) is 4.47 Å². The van der Waals surface area contributed by atoms with Crippen LogP contribution in [0, 0.1) is 16.7 Å². The summed E-state index contributed by atoms with van der Waals surface area (Å²) < 4.78 is 48.3. The maximum atomic E-state index is 14.2. The molecule has 160 valence electrons. The molecule has 0 saturated carbocycles. The Labute approximate surface area is 181 Å². The van der Waals surface area contributed by atoms with Crippen LogP contribution < -0.4 is 0 Å². The first-order valence-corrected chi connectivity index (χ1v) is 10.9. The lowest BCUT2D eigenvalue weighted by Gasteiger charge is -2.54. The van der Waals surface area contributed by atoms with Crippen molar-refractivity contribution in [3.8, 4) is 6.07 Å². The number of nitriles is 1. The van der Waals surface area contributed by atoms with E-state index in [-0.39, 0.29) is 19.6 Å². The van der Waals surface area contributed by atoms with Crippen LogP contribution in [0.15, 0.2) is 24.3 Å². The number of halogens is 4. The van der Waals surface area contributed by atoms with E-state index in [1.165, 1.54) is 11.3 Å². The van der Waals surface area contributed by atoms with Crippen LogP contribution in [0.4, 0.5) is 13.2 Å². The van der Waals surface area contributed by atoms with Crippen LogP contribution in [0.3, 0.4) is 0 Å². The van der Waals surface area contributed by atoms with Crippen molar-refractivity contribution in [3.63, 3.8) is 0 Å². The summed E-state index contributed by atoms with van der Waals surface area (Å²) in [7, 11) is 0. The zero-order valence-corrected chi connectivity index (χ0v) is 17.7. The molecule has 2 fully saturated rings. The van der Waals surface area contributed by atoms with E-state index < -0.39 is 17.2 Å². The highest BCUT2D eigenvalue weighted by Crippen LogP contribution is 2.59. The van der Waals surface area contributed by atoms with Crippen molar-refractivity contribution in [3.05, 3.63) is 44.9 Å². The monoisotopic (exact) mass is 456 g/mol. The van der Waals surface area contributed by atoms with E-state index in [2.05, 4.69) is 16.3 Å². The minimum atomic E-state index is -4.43. The van der Waals surface area contributed by atoms with E-state index in [0.717, 1.165) is 5.56 Å². The molecule has 0 amide bonds. The fourth-order valence-electron chi connectivity index (χ4n) is 4.70. The molecule has 1 aromatic heterocycles. The third-order valence-corrected chi connectivity index (χ3v) is 7.33. The zero-order chi connectivity index (χ0) is 21.4. The van der Waals surface area contributed by atoms with Gasteiger partial charge in [0.15, 0.2) is 5.60 Å². The Morgan fingerprint density at radius 3 is 2.50 bits per heavy atom. The summed E-state index contributed by atoms with van der Waals surface area (Å²) >= 11 is 7.09. The second kappa shape index (κ2) is 8.08. The highest BCUT2D eigenvalue weighted by atomic mass is 35.5. The maximum absolute atomic E-state index is 14.2. The van der Waals surface area contributed by atoms with Gasteiger partial charge in [-0.1, -0.05) is 23.5 Å². The van der Waals surface area contributed by atoms with Crippen molar-refractivity contribution in [1.29, 1.82) is 5.26 Å². The average molecular weight is 457 g/mol. The van der Waals surface area contributed by atoms with Crippen LogP contribution in [0.2, 0.25) is 4.47 Å². The lowest BCUT2D eigenvalue weighted by molar-refractivity contribution is -0.366. The Balaban J connectivity index is 1.56. The molecule has 0 bridgehead atoms. The molecule has 2 atom stereocenters. The molecule has 5 nitrogen and oxygen atoms in total. The van der Waals surface area contributed by atoms with Crippen molar-refractivity contribution in [1.82, 2.24) is 15.1 Å². The summed E-state index contributed by atoms with van der Waals surface area (Å²) in [6, 6.07) is 9.07. The second-order valence-electron chi connectivity index (χ2n) is 7.92. The number of aromatic nitrogens is 2. The van der Waals surface area contributed by atoms with Gasteiger partial charge in [0.1, 0.15) is 5.01 Å². The van der Waals surface area contributed by atoms with Gasteiger partial charge in [-0.05, 0) is 55.1 Å². The van der Waals surface area contributed by atoms with Crippen LogP contribution in [-0.2, 0) is 17.7 Å². The smallest absolute Gasteiger partial charge is 0.365 e. The predicted octanol–water partition coefficient (Wildman–Crippen LogP) is 4.61. The Bertz CT molecular complexity index is 939. The van der Waals surface area contributed by atoms with E-state index in [1.54, 1.807) is 12.1 Å². The summed E-state index contributed by atoms with van der Waals surface area (Å²) in [5, 5.41) is 17.4. The normalized spacial score (nSPS) is 27.0. The van der Waals surface area contributed by atoms with Crippen molar-refractivity contribution in [2.45, 2.75) is 44.0 Å². The van der Waals surface area contributed by atoms with E-state index >= 15 is 0 Å². The number of aryl methyl sites for hydroxylation is 1.